The Hall–Kier alpha value is -4.02. The van der Waals surface area contributed by atoms with Crippen LogP contribution in [0.2, 0.25) is 0 Å². The zero-order valence-corrected chi connectivity index (χ0v) is 20.9. The molecule has 1 aromatic heterocycles. The standard InChI is InChI=1S/C26H28F3N3O5/c1-16(34)31-22-13-18(36-26(27,28)29)7-8-19(22)21-14-32(23-9-6-17(15-33)12-20(21)23)11-5-10-30-24(35)37-25(2,3)4/h6-9,12-15H,5,10-11H2,1-4H3,(H,30,35)(H,31,34). The topological polar surface area (TPSA) is 98.7 Å². The molecule has 0 aliphatic rings. The smallest absolute Gasteiger partial charge is 0.444 e. The van der Waals surface area contributed by atoms with Crippen LogP contribution in [0.15, 0.2) is 42.6 Å². The lowest BCUT2D eigenvalue weighted by atomic mass is 10.0. The maximum absolute atomic E-state index is 12.8. The zero-order valence-electron chi connectivity index (χ0n) is 20.9. The number of fused-ring (bicyclic) bond motifs is 1. The van der Waals surface area contributed by atoms with E-state index in [-0.39, 0.29) is 5.69 Å². The lowest BCUT2D eigenvalue weighted by Crippen LogP contribution is -2.33. The van der Waals surface area contributed by atoms with Crippen LogP contribution < -0.4 is 15.4 Å². The summed E-state index contributed by atoms with van der Waals surface area (Å²) in [7, 11) is 0. The number of benzene rings is 2. The van der Waals surface area contributed by atoms with E-state index in [1.54, 1.807) is 45.2 Å². The van der Waals surface area contributed by atoms with Gasteiger partial charge in [0.05, 0.1) is 5.69 Å². The van der Waals surface area contributed by atoms with Crippen LogP contribution in [0.25, 0.3) is 22.0 Å². The number of ether oxygens (including phenoxy) is 2. The fourth-order valence-electron chi connectivity index (χ4n) is 3.79. The number of aromatic nitrogens is 1. The van der Waals surface area contributed by atoms with Gasteiger partial charge >= 0.3 is 12.5 Å². The van der Waals surface area contributed by atoms with Crippen molar-refractivity contribution in [2.75, 3.05) is 11.9 Å². The number of aryl methyl sites for hydroxylation is 1. The average Bonchev–Trinajstić information content (AvgIpc) is 3.11. The molecule has 0 saturated heterocycles. The van der Waals surface area contributed by atoms with Gasteiger partial charge in [0.15, 0.2) is 0 Å². The quantitative estimate of drug-likeness (QED) is 0.286. The van der Waals surface area contributed by atoms with E-state index in [1.807, 2.05) is 4.57 Å². The number of alkyl halides is 3. The Morgan fingerprint density at radius 1 is 1.05 bits per heavy atom. The third-order valence-electron chi connectivity index (χ3n) is 5.11. The molecule has 0 spiro atoms. The van der Waals surface area contributed by atoms with Crippen molar-refractivity contribution in [3.8, 4) is 16.9 Å². The highest BCUT2D eigenvalue weighted by molar-refractivity contribution is 6.03. The Labute approximate surface area is 211 Å². The van der Waals surface area contributed by atoms with Crippen molar-refractivity contribution in [3.63, 3.8) is 0 Å². The number of rotatable bonds is 8. The van der Waals surface area contributed by atoms with E-state index in [0.29, 0.717) is 47.9 Å². The third kappa shape index (κ3) is 7.73. The summed E-state index contributed by atoms with van der Waals surface area (Å²) in [5, 5.41) is 5.92. The van der Waals surface area contributed by atoms with Crippen LogP contribution in [0.5, 0.6) is 5.75 Å². The summed E-state index contributed by atoms with van der Waals surface area (Å²) >= 11 is 0. The Kier molecular flexibility index (Phi) is 8.15. The van der Waals surface area contributed by atoms with Gasteiger partial charge in [0.25, 0.3) is 0 Å². The minimum absolute atomic E-state index is 0.122. The largest absolute Gasteiger partial charge is 0.573 e. The number of hydrogen-bond acceptors (Lipinski definition) is 5. The number of anilines is 1. The number of hydrogen-bond donors (Lipinski definition) is 2. The van der Waals surface area contributed by atoms with Crippen molar-refractivity contribution < 1.29 is 37.0 Å². The molecule has 3 rings (SSSR count). The van der Waals surface area contributed by atoms with Crippen molar-refractivity contribution in [2.24, 2.45) is 0 Å². The van der Waals surface area contributed by atoms with Crippen LogP contribution in [0.1, 0.15) is 44.5 Å². The number of carbonyl (C=O) groups excluding carboxylic acids is 3. The number of halogens is 3. The normalized spacial score (nSPS) is 11.8. The molecular weight excluding hydrogens is 491 g/mol. The fraction of sp³-hybridized carbons (Fsp3) is 0.346. The number of nitrogens with zero attached hydrogens (tertiary/aromatic N) is 1. The number of nitrogens with one attached hydrogen (secondary N) is 2. The molecule has 0 radical (unpaired) electrons. The third-order valence-corrected chi connectivity index (χ3v) is 5.11. The maximum Gasteiger partial charge on any atom is 0.573 e. The first-order valence-corrected chi connectivity index (χ1v) is 11.5. The predicted molar refractivity (Wildman–Crippen MR) is 133 cm³/mol. The summed E-state index contributed by atoms with van der Waals surface area (Å²) in [6.07, 6.45) is -2.38. The van der Waals surface area contributed by atoms with Gasteiger partial charge in [0.1, 0.15) is 17.6 Å². The van der Waals surface area contributed by atoms with E-state index in [2.05, 4.69) is 15.4 Å². The average molecular weight is 520 g/mol. The Balaban J connectivity index is 1.95. The molecule has 0 saturated carbocycles. The Morgan fingerprint density at radius 2 is 1.78 bits per heavy atom. The SMILES string of the molecule is CC(=O)Nc1cc(OC(F)(F)F)ccc1-c1cn(CCCNC(=O)OC(C)(C)C)c2ccc(C=O)cc12. The second-order valence-electron chi connectivity index (χ2n) is 9.35. The van der Waals surface area contributed by atoms with E-state index in [9.17, 15) is 27.6 Å². The second-order valence-corrected chi connectivity index (χ2v) is 9.35. The van der Waals surface area contributed by atoms with Crippen LogP contribution in [0.4, 0.5) is 23.7 Å². The molecule has 1 heterocycles. The maximum atomic E-state index is 12.8. The number of carbonyl (C=O) groups is 3. The van der Waals surface area contributed by atoms with Crippen molar-refractivity contribution in [1.29, 1.82) is 0 Å². The predicted octanol–water partition coefficient (Wildman–Crippen LogP) is 5.89. The summed E-state index contributed by atoms with van der Waals surface area (Å²) in [5.41, 5.74) is 1.73. The van der Waals surface area contributed by atoms with Crippen molar-refractivity contribution in [3.05, 3.63) is 48.2 Å². The summed E-state index contributed by atoms with van der Waals surface area (Å²) in [6, 6.07) is 8.77. The molecule has 0 aliphatic carbocycles. The Bertz CT molecular complexity index is 1310. The first-order valence-electron chi connectivity index (χ1n) is 11.5. The van der Waals surface area contributed by atoms with Gasteiger partial charge in [0, 0.05) is 59.9 Å². The highest BCUT2D eigenvalue weighted by Gasteiger charge is 2.31. The van der Waals surface area contributed by atoms with Crippen molar-refractivity contribution >= 4 is 34.9 Å². The van der Waals surface area contributed by atoms with E-state index in [1.165, 1.54) is 13.0 Å². The van der Waals surface area contributed by atoms with Crippen molar-refractivity contribution in [2.45, 2.75) is 52.6 Å². The summed E-state index contributed by atoms with van der Waals surface area (Å²) in [4.78, 5) is 35.1. The molecule has 37 heavy (non-hydrogen) atoms. The van der Waals surface area contributed by atoms with Gasteiger partial charge in [0.2, 0.25) is 5.91 Å². The van der Waals surface area contributed by atoms with Gasteiger partial charge in [-0.2, -0.15) is 0 Å². The molecule has 0 atom stereocenters. The molecule has 0 bridgehead atoms. The molecule has 3 aromatic rings. The molecule has 2 N–H and O–H groups in total. The van der Waals surface area contributed by atoms with Crippen LogP contribution >= 0.6 is 0 Å². The lowest BCUT2D eigenvalue weighted by molar-refractivity contribution is -0.274. The van der Waals surface area contributed by atoms with Crippen LogP contribution in [0, 0.1) is 0 Å². The second kappa shape index (κ2) is 10.9. The minimum Gasteiger partial charge on any atom is -0.444 e. The monoisotopic (exact) mass is 519 g/mol. The van der Waals surface area contributed by atoms with Gasteiger partial charge in [-0.3, -0.25) is 9.59 Å². The summed E-state index contributed by atoms with van der Waals surface area (Å²) in [6.45, 7) is 7.38. The molecule has 2 aromatic carbocycles. The van der Waals surface area contributed by atoms with Gasteiger partial charge in [-0.1, -0.05) is 0 Å². The molecule has 2 amide bonds. The van der Waals surface area contributed by atoms with Gasteiger partial charge < -0.3 is 24.7 Å². The van der Waals surface area contributed by atoms with E-state index < -0.39 is 29.7 Å². The van der Waals surface area contributed by atoms with E-state index in [4.69, 9.17) is 4.74 Å². The molecular formula is C26H28F3N3O5. The molecule has 0 fully saturated rings. The fourth-order valence-corrected chi connectivity index (χ4v) is 3.79. The molecule has 198 valence electrons. The van der Waals surface area contributed by atoms with Crippen LogP contribution in [-0.4, -0.2) is 41.4 Å². The van der Waals surface area contributed by atoms with Gasteiger partial charge in [-0.25, -0.2) is 4.79 Å². The lowest BCUT2D eigenvalue weighted by Gasteiger charge is -2.19. The highest BCUT2D eigenvalue weighted by atomic mass is 19.4. The molecule has 0 aliphatic heterocycles. The number of amides is 2. The van der Waals surface area contributed by atoms with Gasteiger partial charge in [-0.15, -0.1) is 13.2 Å². The zero-order chi connectivity index (χ0) is 27.4. The van der Waals surface area contributed by atoms with E-state index >= 15 is 0 Å². The van der Waals surface area contributed by atoms with Crippen LogP contribution in [0.3, 0.4) is 0 Å². The summed E-state index contributed by atoms with van der Waals surface area (Å²) < 4.78 is 49.4. The highest BCUT2D eigenvalue weighted by Crippen LogP contribution is 2.38. The Morgan fingerprint density at radius 3 is 2.41 bits per heavy atom. The first kappa shape index (κ1) is 27.6. The molecule has 11 heteroatoms. The first-order chi connectivity index (χ1) is 17.3. The van der Waals surface area contributed by atoms with E-state index in [0.717, 1.165) is 17.6 Å². The summed E-state index contributed by atoms with van der Waals surface area (Å²) in [5.74, 6) is -0.957. The minimum atomic E-state index is -4.89. The van der Waals surface area contributed by atoms with Crippen LogP contribution in [-0.2, 0) is 16.1 Å². The van der Waals surface area contributed by atoms with Gasteiger partial charge in [-0.05, 0) is 57.5 Å². The van der Waals surface area contributed by atoms with Crippen molar-refractivity contribution in [1.82, 2.24) is 9.88 Å². The molecule has 8 nitrogen and oxygen atoms in total. The molecule has 0 unspecified atom stereocenters. The number of alkyl carbamates (subject to hydrolysis) is 1. The number of aldehydes is 1.